The molecule has 0 atom stereocenters. The summed E-state index contributed by atoms with van der Waals surface area (Å²) >= 11 is 0. The van der Waals surface area contributed by atoms with Crippen molar-refractivity contribution < 1.29 is 9.53 Å². The van der Waals surface area contributed by atoms with Crippen LogP contribution < -0.4 is 5.32 Å². The minimum atomic E-state index is -0.576. The largest absolute Gasteiger partial charge is 0.438 e. The molecule has 92 valence electrons. The number of carbonyl (C=O) groups is 1. The molecule has 0 radical (unpaired) electrons. The zero-order valence-electron chi connectivity index (χ0n) is 10.0. The van der Waals surface area contributed by atoms with Gasteiger partial charge in [-0.2, -0.15) is 0 Å². The highest BCUT2D eigenvalue weighted by atomic mass is 16.6. The second-order valence-electron chi connectivity index (χ2n) is 4.44. The van der Waals surface area contributed by atoms with Crippen molar-refractivity contribution >= 4 is 12.8 Å². The fourth-order valence-corrected chi connectivity index (χ4v) is 2.40. The number of nitrogens with one attached hydrogen (secondary N) is 1. The normalized spacial score (nSPS) is 24.2. The Hall–Kier alpha value is -1.62. The lowest BCUT2D eigenvalue weighted by atomic mass is 9.83. The van der Waals surface area contributed by atoms with E-state index in [0.717, 1.165) is 31.5 Å². The average molecular weight is 235 g/mol. The molecule has 1 amide bonds. The van der Waals surface area contributed by atoms with Crippen LogP contribution in [0.4, 0.5) is 4.79 Å². The van der Waals surface area contributed by atoms with E-state index in [4.69, 9.17) is 4.74 Å². The number of piperidine rings is 1. The molecule has 0 unspecified atom stereocenters. The molecule has 17 heavy (non-hydrogen) atoms. The van der Waals surface area contributed by atoms with Gasteiger partial charge in [-0.3, -0.25) is 5.32 Å². The van der Waals surface area contributed by atoms with E-state index < -0.39 is 11.7 Å². The zero-order chi connectivity index (χ0) is 12.5. The van der Waals surface area contributed by atoms with E-state index in [0.29, 0.717) is 5.82 Å². The van der Waals surface area contributed by atoms with Gasteiger partial charge in [-0.25, -0.2) is 9.79 Å². The van der Waals surface area contributed by atoms with Crippen molar-refractivity contribution in [2.75, 3.05) is 20.1 Å². The van der Waals surface area contributed by atoms with Crippen LogP contribution in [-0.4, -0.2) is 43.4 Å². The minimum Gasteiger partial charge on any atom is -0.438 e. The maximum absolute atomic E-state index is 11.5. The monoisotopic (exact) mass is 235 g/mol. The Morgan fingerprint density at radius 2 is 2.18 bits per heavy atom. The molecule has 0 aliphatic carbocycles. The molecule has 2 aliphatic heterocycles. The van der Waals surface area contributed by atoms with Gasteiger partial charge in [0, 0.05) is 31.5 Å². The fraction of sp³-hybridized carbons (Fsp3) is 0.500. The van der Waals surface area contributed by atoms with E-state index in [9.17, 15) is 4.79 Å². The molecule has 2 rings (SSSR count). The number of alkyl carbamates (subject to hydrolysis) is 1. The van der Waals surface area contributed by atoms with Crippen LogP contribution in [0.25, 0.3) is 0 Å². The summed E-state index contributed by atoms with van der Waals surface area (Å²) in [5.41, 5.74) is 0.257. The predicted molar refractivity (Wildman–Crippen MR) is 65.9 cm³/mol. The van der Waals surface area contributed by atoms with Gasteiger partial charge in [0.2, 0.25) is 0 Å². The molecule has 0 aromatic heterocycles. The molecular weight excluding hydrogens is 218 g/mol. The molecule has 0 saturated carbocycles. The van der Waals surface area contributed by atoms with Crippen LogP contribution in [0, 0.1) is 0 Å². The van der Waals surface area contributed by atoms with Crippen LogP contribution in [0.5, 0.6) is 0 Å². The van der Waals surface area contributed by atoms with Gasteiger partial charge in [0.15, 0.2) is 0 Å². The molecule has 0 aromatic rings. The Kier molecular flexibility index (Phi) is 3.02. The Morgan fingerprint density at radius 1 is 1.53 bits per heavy atom. The summed E-state index contributed by atoms with van der Waals surface area (Å²) in [7, 11) is 2.06. The number of carbonyl (C=O) groups excluding carboxylic acids is 1. The van der Waals surface area contributed by atoms with Crippen LogP contribution in [0.1, 0.15) is 12.8 Å². The first-order chi connectivity index (χ1) is 8.11. The van der Waals surface area contributed by atoms with Crippen LogP contribution in [0.15, 0.2) is 29.0 Å². The third-order valence-corrected chi connectivity index (χ3v) is 3.41. The number of hydrogen-bond acceptors (Lipinski definition) is 4. The van der Waals surface area contributed by atoms with Crippen molar-refractivity contribution in [1.82, 2.24) is 10.2 Å². The fourth-order valence-electron chi connectivity index (χ4n) is 2.40. The van der Waals surface area contributed by atoms with Gasteiger partial charge >= 0.3 is 6.09 Å². The quantitative estimate of drug-likeness (QED) is 0.734. The van der Waals surface area contributed by atoms with E-state index >= 15 is 0 Å². The molecular formula is C12H17N3O2. The van der Waals surface area contributed by atoms with E-state index in [1.807, 2.05) is 0 Å². The molecule has 1 N–H and O–H groups in total. The third kappa shape index (κ3) is 1.98. The molecule has 0 aromatic carbocycles. The summed E-state index contributed by atoms with van der Waals surface area (Å²) in [6.07, 6.45) is 2.77. The Labute approximate surface area is 101 Å². The molecule has 5 nitrogen and oxygen atoms in total. The standard InChI is InChI=1S/C12H17N3O2/c1-4-9-10(13-2)14-11(16)17-12(9)5-7-15(3)8-6-12/h4H,1-2,5-8H2,3H3,(H,14,16). The van der Waals surface area contributed by atoms with Crippen LogP contribution in [0.2, 0.25) is 0 Å². The molecule has 2 aliphatic rings. The van der Waals surface area contributed by atoms with E-state index in [1.165, 1.54) is 0 Å². The number of rotatable bonds is 2. The minimum absolute atomic E-state index is 0.456. The van der Waals surface area contributed by atoms with E-state index in [1.54, 1.807) is 6.08 Å². The highest BCUT2D eigenvalue weighted by Crippen LogP contribution is 2.37. The lowest BCUT2D eigenvalue weighted by molar-refractivity contribution is -0.00880. The van der Waals surface area contributed by atoms with Gasteiger partial charge in [0.1, 0.15) is 11.4 Å². The Bertz CT molecular complexity index is 393. The topological polar surface area (TPSA) is 53.9 Å². The number of amides is 1. The first-order valence-corrected chi connectivity index (χ1v) is 5.64. The summed E-state index contributed by atoms with van der Waals surface area (Å²) in [4.78, 5) is 17.6. The van der Waals surface area contributed by atoms with Crippen molar-refractivity contribution in [2.45, 2.75) is 18.4 Å². The van der Waals surface area contributed by atoms with Crippen molar-refractivity contribution in [3.63, 3.8) is 0 Å². The molecule has 5 heteroatoms. The highest BCUT2D eigenvalue weighted by molar-refractivity contribution is 5.73. The second kappa shape index (κ2) is 4.33. The number of ether oxygens (including phenoxy) is 1. The van der Waals surface area contributed by atoms with Crippen molar-refractivity contribution in [3.8, 4) is 0 Å². The zero-order valence-corrected chi connectivity index (χ0v) is 10.0. The highest BCUT2D eigenvalue weighted by Gasteiger charge is 2.44. The van der Waals surface area contributed by atoms with Gasteiger partial charge in [-0.05, 0) is 13.8 Å². The average Bonchev–Trinajstić information content (AvgIpc) is 2.32. The number of nitrogens with zero attached hydrogens (tertiary/aromatic N) is 2. The van der Waals surface area contributed by atoms with Gasteiger partial charge in [0.25, 0.3) is 0 Å². The lowest BCUT2D eigenvalue weighted by Gasteiger charge is -2.43. The van der Waals surface area contributed by atoms with E-state index in [-0.39, 0.29) is 0 Å². The lowest BCUT2D eigenvalue weighted by Crippen LogP contribution is -2.52. The maximum atomic E-state index is 11.5. The summed E-state index contributed by atoms with van der Waals surface area (Å²) < 4.78 is 5.51. The molecule has 1 fully saturated rings. The molecule has 1 spiro atoms. The van der Waals surface area contributed by atoms with Gasteiger partial charge < -0.3 is 9.64 Å². The van der Waals surface area contributed by atoms with Crippen LogP contribution in [0.3, 0.4) is 0 Å². The van der Waals surface area contributed by atoms with Crippen molar-refractivity contribution in [1.29, 1.82) is 0 Å². The summed E-state index contributed by atoms with van der Waals surface area (Å²) in [5, 5.41) is 2.55. The molecule has 1 saturated heterocycles. The summed E-state index contributed by atoms with van der Waals surface area (Å²) in [6, 6.07) is 0. The SMILES string of the molecule is C=CC1=C(N=C)NC(=O)OC12CCN(C)CC2. The van der Waals surface area contributed by atoms with Crippen molar-refractivity contribution in [3.05, 3.63) is 24.0 Å². The third-order valence-electron chi connectivity index (χ3n) is 3.41. The Balaban J connectivity index is 2.39. The van der Waals surface area contributed by atoms with Crippen LogP contribution in [-0.2, 0) is 4.74 Å². The Morgan fingerprint density at radius 3 is 2.71 bits per heavy atom. The number of aliphatic imine (C=N–C) groups is 1. The summed E-state index contributed by atoms with van der Waals surface area (Å²) in [5.74, 6) is 0.473. The van der Waals surface area contributed by atoms with E-state index in [2.05, 4.69) is 35.6 Å². The molecule has 0 bridgehead atoms. The first-order valence-electron chi connectivity index (χ1n) is 5.64. The predicted octanol–water partition coefficient (Wildman–Crippen LogP) is 1.29. The maximum Gasteiger partial charge on any atom is 0.413 e. The number of likely N-dealkylation sites (tertiary alicyclic amines) is 1. The van der Waals surface area contributed by atoms with Crippen molar-refractivity contribution in [2.24, 2.45) is 4.99 Å². The first kappa shape index (κ1) is 11.9. The van der Waals surface area contributed by atoms with Gasteiger partial charge in [-0.1, -0.05) is 12.7 Å². The van der Waals surface area contributed by atoms with Gasteiger partial charge in [0.05, 0.1) is 0 Å². The molecule has 2 heterocycles. The second-order valence-corrected chi connectivity index (χ2v) is 4.44. The number of hydrogen-bond donors (Lipinski definition) is 1. The van der Waals surface area contributed by atoms with Crippen LogP contribution >= 0.6 is 0 Å². The summed E-state index contributed by atoms with van der Waals surface area (Å²) in [6.45, 7) is 9.03. The van der Waals surface area contributed by atoms with Gasteiger partial charge in [-0.15, -0.1) is 0 Å². The smallest absolute Gasteiger partial charge is 0.413 e.